The maximum Gasteiger partial charge on any atom is 0.284 e. The number of aromatic amines is 1. The molecule has 0 radical (unpaired) electrons. The highest BCUT2D eigenvalue weighted by molar-refractivity contribution is 5.83. The van der Waals surface area contributed by atoms with Gasteiger partial charge in [-0.15, -0.1) is 0 Å². The van der Waals surface area contributed by atoms with Gasteiger partial charge >= 0.3 is 0 Å². The zero-order valence-electron chi connectivity index (χ0n) is 11.2. The number of rotatable bonds is 2. The van der Waals surface area contributed by atoms with Gasteiger partial charge in [-0.1, -0.05) is 33.8 Å². The third-order valence-electron chi connectivity index (χ3n) is 3.25. The van der Waals surface area contributed by atoms with Crippen LogP contribution in [0.3, 0.4) is 0 Å². The topological polar surface area (TPSA) is 32.9 Å². The number of nitrogens with one attached hydrogen (secondary N) is 1. The average molecular weight is 247 g/mol. The Balaban J connectivity index is 2.85. The first-order chi connectivity index (χ1) is 8.40. The van der Waals surface area contributed by atoms with Crippen LogP contribution in [0, 0.1) is 5.82 Å². The molecule has 2 rings (SSSR count). The fourth-order valence-corrected chi connectivity index (χ4v) is 2.13. The van der Waals surface area contributed by atoms with Gasteiger partial charge in [-0.2, -0.15) is 0 Å². The minimum absolute atomic E-state index is 0.285. The molecular formula is C15H18FNO. The van der Waals surface area contributed by atoms with Gasteiger partial charge in [0, 0.05) is 5.39 Å². The molecule has 0 saturated heterocycles. The van der Waals surface area contributed by atoms with Crippen LogP contribution in [0.2, 0.25) is 0 Å². The Morgan fingerprint density at radius 2 is 1.72 bits per heavy atom. The summed E-state index contributed by atoms with van der Waals surface area (Å²) in [5.74, 6) is -0.0627. The molecular weight excluding hydrogens is 229 g/mol. The van der Waals surface area contributed by atoms with Crippen LogP contribution in [-0.2, 0) is 0 Å². The summed E-state index contributed by atoms with van der Waals surface area (Å²) in [7, 11) is 0. The second-order valence-electron chi connectivity index (χ2n) is 5.33. The summed E-state index contributed by atoms with van der Waals surface area (Å²) in [5.41, 5.74) is 2.33. The van der Waals surface area contributed by atoms with Crippen LogP contribution in [0.15, 0.2) is 23.0 Å². The van der Waals surface area contributed by atoms with Crippen LogP contribution in [0.25, 0.3) is 10.9 Å². The Bertz CT molecular complexity index is 641. The monoisotopic (exact) mass is 247 g/mol. The predicted octanol–water partition coefficient (Wildman–Crippen LogP) is 3.91. The Morgan fingerprint density at radius 1 is 1.06 bits per heavy atom. The van der Waals surface area contributed by atoms with Crippen molar-refractivity contribution in [3.05, 3.63) is 45.5 Å². The largest absolute Gasteiger partial charge is 0.319 e. The van der Waals surface area contributed by atoms with E-state index in [1.807, 2.05) is 6.07 Å². The van der Waals surface area contributed by atoms with Gasteiger partial charge in [0.25, 0.3) is 5.56 Å². The van der Waals surface area contributed by atoms with Crippen molar-refractivity contribution >= 4 is 10.9 Å². The summed E-state index contributed by atoms with van der Waals surface area (Å²) in [5, 5.41) is 0.766. The molecule has 0 aliphatic heterocycles. The number of pyridine rings is 1. The van der Waals surface area contributed by atoms with Gasteiger partial charge < -0.3 is 4.98 Å². The van der Waals surface area contributed by atoms with E-state index in [1.165, 1.54) is 6.07 Å². The molecule has 0 aliphatic carbocycles. The zero-order valence-corrected chi connectivity index (χ0v) is 11.2. The van der Waals surface area contributed by atoms with Gasteiger partial charge in [0.2, 0.25) is 0 Å². The highest BCUT2D eigenvalue weighted by Crippen LogP contribution is 2.28. The molecule has 0 spiro atoms. The van der Waals surface area contributed by atoms with Crippen LogP contribution >= 0.6 is 0 Å². The third-order valence-corrected chi connectivity index (χ3v) is 3.25. The first-order valence-corrected chi connectivity index (χ1v) is 6.26. The van der Waals surface area contributed by atoms with Gasteiger partial charge in [0.15, 0.2) is 5.82 Å². The molecule has 0 amide bonds. The lowest BCUT2D eigenvalue weighted by Crippen LogP contribution is -2.11. The third kappa shape index (κ3) is 2.17. The average Bonchev–Trinajstić information content (AvgIpc) is 2.29. The standard InChI is InChI=1S/C15H18FNO/c1-8(2)10-5-11-7-13(16)15(18)17-14(11)12(6-10)9(3)4/h5-9H,1-4H3,(H,17,18). The fraction of sp³-hybridized carbons (Fsp3) is 0.400. The van der Waals surface area contributed by atoms with Gasteiger partial charge in [0.05, 0.1) is 5.52 Å². The lowest BCUT2D eigenvalue weighted by molar-refractivity contribution is 0.611. The summed E-state index contributed by atoms with van der Waals surface area (Å²) in [6, 6.07) is 5.38. The normalized spacial score (nSPS) is 11.7. The van der Waals surface area contributed by atoms with Crippen LogP contribution in [-0.4, -0.2) is 4.98 Å². The maximum absolute atomic E-state index is 13.4. The van der Waals surface area contributed by atoms with Crippen molar-refractivity contribution in [2.45, 2.75) is 39.5 Å². The van der Waals surface area contributed by atoms with Crippen molar-refractivity contribution in [3.63, 3.8) is 0 Å². The molecule has 0 saturated carbocycles. The molecule has 0 fully saturated rings. The van der Waals surface area contributed by atoms with E-state index in [0.29, 0.717) is 5.92 Å². The van der Waals surface area contributed by atoms with Gasteiger partial charge in [-0.3, -0.25) is 4.79 Å². The van der Waals surface area contributed by atoms with Crippen molar-refractivity contribution in [2.75, 3.05) is 0 Å². The highest BCUT2D eigenvalue weighted by atomic mass is 19.1. The van der Waals surface area contributed by atoms with E-state index in [4.69, 9.17) is 0 Å². The molecule has 0 atom stereocenters. The van der Waals surface area contributed by atoms with Crippen molar-refractivity contribution in [1.29, 1.82) is 0 Å². The van der Waals surface area contributed by atoms with Gasteiger partial charge in [0.1, 0.15) is 0 Å². The van der Waals surface area contributed by atoms with Crippen LogP contribution < -0.4 is 5.56 Å². The van der Waals surface area contributed by atoms with E-state index in [2.05, 4.69) is 38.7 Å². The van der Waals surface area contributed by atoms with Crippen molar-refractivity contribution < 1.29 is 4.39 Å². The predicted molar refractivity (Wildman–Crippen MR) is 72.7 cm³/mol. The van der Waals surface area contributed by atoms with Crippen molar-refractivity contribution in [3.8, 4) is 0 Å². The molecule has 18 heavy (non-hydrogen) atoms. The first kappa shape index (κ1) is 12.8. The van der Waals surface area contributed by atoms with E-state index in [0.717, 1.165) is 22.0 Å². The van der Waals surface area contributed by atoms with Crippen LogP contribution in [0.1, 0.15) is 50.7 Å². The van der Waals surface area contributed by atoms with E-state index >= 15 is 0 Å². The summed E-state index contributed by atoms with van der Waals surface area (Å²) in [4.78, 5) is 14.0. The summed E-state index contributed by atoms with van der Waals surface area (Å²) >= 11 is 0. The maximum atomic E-state index is 13.4. The molecule has 96 valence electrons. The Kier molecular flexibility index (Phi) is 3.24. The second kappa shape index (κ2) is 4.56. The van der Waals surface area contributed by atoms with Gasteiger partial charge in [-0.25, -0.2) is 4.39 Å². The quantitative estimate of drug-likeness (QED) is 0.857. The smallest absolute Gasteiger partial charge is 0.284 e. The molecule has 2 aromatic rings. The number of fused-ring (bicyclic) bond motifs is 1. The molecule has 0 aliphatic rings. The van der Waals surface area contributed by atoms with E-state index in [9.17, 15) is 9.18 Å². The number of hydrogen-bond acceptors (Lipinski definition) is 1. The molecule has 1 aromatic carbocycles. The van der Waals surface area contributed by atoms with Crippen LogP contribution in [0.4, 0.5) is 4.39 Å². The number of benzene rings is 1. The molecule has 2 nitrogen and oxygen atoms in total. The number of aromatic nitrogens is 1. The Labute approximate surface area is 106 Å². The molecule has 3 heteroatoms. The lowest BCUT2D eigenvalue weighted by atomic mass is 9.92. The Morgan fingerprint density at radius 3 is 2.28 bits per heavy atom. The molecule has 0 unspecified atom stereocenters. The van der Waals surface area contributed by atoms with Crippen molar-refractivity contribution in [1.82, 2.24) is 4.98 Å². The Hall–Kier alpha value is -1.64. The number of hydrogen-bond donors (Lipinski definition) is 1. The molecule has 0 bridgehead atoms. The summed E-state index contributed by atoms with van der Waals surface area (Å²) < 4.78 is 13.4. The van der Waals surface area contributed by atoms with E-state index < -0.39 is 11.4 Å². The fourth-order valence-electron chi connectivity index (χ4n) is 2.13. The molecule has 1 N–H and O–H groups in total. The van der Waals surface area contributed by atoms with E-state index in [-0.39, 0.29) is 5.92 Å². The summed E-state index contributed by atoms with van der Waals surface area (Å²) in [6.45, 7) is 8.35. The van der Waals surface area contributed by atoms with Crippen LogP contribution in [0.5, 0.6) is 0 Å². The molecule has 1 aromatic heterocycles. The highest BCUT2D eigenvalue weighted by Gasteiger charge is 2.12. The first-order valence-electron chi connectivity index (χ1n) is 6.26. The van der Waals surface area contributed by atoms with Crippen molar-refractivity contribution in [2.24, 2.45) is 0 Å². The molecule has 1 heterocycles. The lowest BCUT2D eigenvalue weighted by Gasteiger charge is -2.14. The SMILES string of the molecule is CC(C)c1cc(C(C)C)c2[nH]c(=O)c(F)cc2c1. The van der Waals surface area contributed by atoms with Gasteiger partial charge in [-0.05, 0) is 35.1 Å². The summed E-state index contributed by atoms with van der Waals surface area (Å²) in [6.07, 6.45) is 0. The zero-order chi connectivity index (χ0) is 13.4. The number of H-pyrrole nitrogens is 1. The van der Waals surface area contributed by atoms with E-state index in [1.54, 1.807) is 0 Å². The number of halogens is 1. The second-order valence-corrected chi connectivity index (χ2v) is 5.33. The minimum atomic E-state index is -0.724. The minimum Gasteiger partial charge on any atom is -0.319 e.